The van der Waals surface area contributed by atoms with Crippen molar-refractivity contribution in [2.75, 3.05) is 19.0 Å². The van der Waals surface area contributed by atoms with Gasteiger partial charge in [0.1, 0.15) is 0 Å². The van der Waals surface area contributed by atoms with E-state index in [9.17, 15) is 4.79 Å². The van der Waals surface area contributed by atoms with E-state index < -0.39 is 5.97 Å². The van der Waals surface area contributed by atoms with E-state index in [1.54, 1.807) is 0 Å². The van der Waals surface area contributed by atoms with Crippen molar-refractivity contribution >= 4 is 16.9 Å². The summed E-state index contributed by atoms with van der Waals surface area (Å²) in [7, 11) is 0. The van der Waals surface area contributed by atoms with Gasteiger partial charge in [-0.1, -0.05) is 55.9 Å². The van der Waals surface area contributed by atoms with Crippen molar-refractivity contribution in [3.8, 4) is 0 Å². The van der Waals surface area contributed by atoms with Gasteiger partial charge in [0.25, 0.3) is 5.97 Å². The monoisotopic (exact) mass is 352 g/mol. The Labute approximate surface area is 149 Å². The fraction of sp³-hybridized carbons (Fsp3) is 0.632. The number of hydrogen-bond donors (Lipinski definition) is 0. The van der Waals surface area contributed by atoms with Crippen molar-refractivity contribution in [3.63, 3.8) is 0 Å². The van der Waals surface area contributed by atoms with Crippen molar-refractivity contribution in [2.24, 2.45) is 11.8 Å². The van der Waals surface area contributed by atoms with Crippen molar-refractivity contribution in [3.05, 3.63) is 35.9 Å². The quantitative estimate of drug-likeness (QED) is 0.680. The van der Waals surface area contributed by atoms with Crippen LogP contribution in [-0.4, -0.2) is 30.1 Å². The predicted molar refractivity (Wildman–Crippen MR) is 96.7 cm³/mol. The van der Waals surface area contributed by atoms with E-state index in [0.29, 0.717) is 19.6 Å². The minimum Gasteiger partial charge on any atom is -0.328 e. The predicted octanol–water partition coefficient (Wildman–Crippen LogP) is 4.41. The third-order valence-corrected chi connectivity index (χ3v) is 5.15. The van der Waals surface area contributed by atoms with E-state index in [2.05, 4.69) is 0 Å². The lowest BCUT2D eigenvalue weighted by molar-refractivity contribution is -0.432. The van der Waals surface area contributed by atoms with Crippen LogP contribution >= 0.6 is 11.8 Å². The summed E-state index contributed by atoms with van der Waals surface area (Å²) in [5.41, 5.74) is 0.989. The van der Waals surface area contributed by atoms with Gasteiger partial charge in [0, 0.05) is 19.1 Å². The lowest BCUT2D eigenvalue weighted by atomic mass is 9.84. The first-order valence-electron chi connectivity index (χ1n) is 8.75. The molecule has 0 bridgehead atoms. The number of carbonyl (C=O) groups is 1. The van der Waals surface area contributed by atoms with Crippen LogP contribution in [0.4, 0.5) is 0 Å². The Morgan fingerprint density at radius 1 is 1.21 bits per heavy atom. The molecular formula is C19H28O4S. The van der Waals surface area contributed by atoms with Gasteiger partial charge in [-0.2, -0.15) is 0 Å². The second kappa shape index (κ2) is 8.99. The molecule has 1 fully saturated rings. The molecule has 1 heterocycles. The van der Waals surface area contributed by atoms with Crippen molar-refractivity contribution in [1.29, 1.82) is 0 Å². The van der Waals surface area contributed by atoms with Crippen LogP contribution in [0.15, 0.2) is 30.3 Å². The third kappa shape index (κ3) is 4.20. The molecule has 0 N–H and O–H groups in total. The highest BCUT2D eigenvalue weighted by atomic mass is 32.2. The largest absolute Gasteiger partial charge is 0.328 e. The van der Waals surface area contributed by atoms with Crippen molar-refractivity contribution < 1.29 is 19.0 Å². The zero-order valence-electron chi connectivity index (χ0n) is 15.0. The van der Waals surface area contributed by atoms with E-state index in [0.717, 1.165) is 11.3 Å². The van der Waals surface area contributed by atoms with Gasteiger partial charge in [-0.15, -0.1) is 0 Å². The molecule has 0 aliphatic carbocycles. The van der Waals surface area contributed by atoms with Crippen molar-refractivity contribution in [1.82, 2.24) is 0 Å². The molecule has 1 aliphatic rings. The van der Waals surface area contributed by atoms with Gasteiger partial charge in [0.2, 0.25) is 0 Å². The molecule has 134 valence electrons. The third-order valence-electron chi connectivity index (χ3n) is 4.28. The van der Waals surface area contributed by atoms with Gasteiger partial charge in [-0.3, -0.25) is 4.79 Å². The van der Waals surface area contributed by atoms with E-state index in [-0.39, 0.29) is 23.1 Å². The van der Waals surface area contributed by atoms with Gasteiger partial charge in [-0.25, -0.2) is 0 Å². The second-order valence-corrected chi connectivity index (χ2v) is 7.18. The molecule has 0 aromatic heterocycles. The van der Waals surface area contributed by atoms with Gasteiger partial charge < -0.3 is 14.2 Å². The van der Waals surface area contributed by atoms with Crippen LogP contribution in [0, 0.1) is 11.8 Å². The number of benzene rings is 1. The first-order chi connectivity index (χ1) is 11.6. The molecular weight excluding hydrogens is 324 g/mol. The fourth-order valence-corrected chi connectivity index (χ4v) is 3.95. The van der Waals surface area contributed by atoms with Crippen LogP contribution in [0.1, 0.15) is 45.8 Å². The summed E-state index contributed by atoms with van der Waals surface area (Å²) in [6.45, 7) is 8.88. The highest BCUT2D eigenvalue weighted by Crippen LogP contribution is 2.47. The van der Waals surface area contributed by atoms with Crippen LogP contribution in [0.25, 0.3) is 0 Å². The molecule has 1 aliphatic heterocycles. The average molecular weight is 352 g/mol. The zero-order valence-corrected chi connectivity index (χ0v) is 15.8. The number of thioether (sulfide) groups is 1. The lowest BCUT2D eigenvalue weighted by Gasteiger charge is -2.47. The molecule has 0 saturated carbocycles. The Bertz CT molecular complexity index is 513. The van der Waals surface area contributed by atoms with E-state index in [4.69, 9.17) is 14.2 Å². The normalized spacial score (nSPS) is 26.2. The smallest absolute Gasteiger partial charge is 0.286 e. The number of ether oxygens (including phenoxy) is 3. The second-order valence-electron chi connectivity index (χ2n) is 5.91. The number of rotatable bonds is 7. The minimum atomic E-state index is -1.09. The summed E-state index contributed by atoms with van der Waals surface area (Å²) in [5, 5.41) is 0.180. The topological polar surface area (TPSA) is 44.8 Å². The maximum atomic E-state index is 12.7. The van der Waals surface area contributed by atoms with Gasteiger partial charge in [0.05, 0.1) is 12.0 Å². The summed E-state index contributed by atoms with van der Waals surface area (Å²) in [4.78, 5) is 12.7. The molecule has 5 heteroatoms. The highest BCUT2D eigenvalue weighted by molar-refractivity contribution is 8.13. The zero-order chi connectivity index (χ0) is 17.6. The molecule has 0 unspecified atom stereocenters. The summed E-state index contributed by atoms with van der Waals surface area (Å²) >= 11 is 1.36. The lowest BCUT2D eigenvalue weighted by Crippen LogP contribution is -2.52. The van der Waals surface area contributed by atoms with Gasteiger partial charge >= 0.3 is 0 Å². The van der Waals surface area contributed by atoms with E-state index in [1.165, 1.54) is 11.8 Å². The van der Waals surface area contributed by atoms with Crippen molar-refractivity contribution in [2.45, 2.75) is 46.2 Å². The first-order valence-corrected chi connectivity index (χ1v) is 9.73. The van der Waals surface area contributed by atoms with Crippen LogP contribution in [0.3, 0.4) is 0 Å². The molecule has 3 atom stereocenters. The summed E-state index contributed by atoms with van der Waals surface area (Å²) < 4.78 is 18.2. The molecule has 1 saturated heterocycles. The Morgan fingerprint density at radius 3 is 2.38 bits per heavy atom. The molecule has 0 amide bonds. The average Bonchev–Trinajstić information content (AvgIpc) is 2.58. The Hall–Kier alpha value is -0.880. The maximum Gasteiger partial charge on any atom is 0.286 e. The Kier molecular flexibility index (Phi) is 7.29. The molecule has 24 heavy (non-hydrogen) atoms. The minimum absolute atomic E-state index is 0.0243. The standard InChI is InChI=1S/C19H28O4S/c1-5-21-19(22-6-2)14(4)13-16(18(20)24-7-3)17(23-19)15-11-9-8-10-12-15/h8-12,14,16-17H,5-7,13H2,1-4H3/t14-,16+,17-/m1/s1. The maximum absolute atomic E-state index is 12.7. The summed E-state index contributed by atoms with van der Waals surface area (Å²) in [6, 6.07) is 9.90. The van der Waals surface area contributed by atoms with Crippen LogP contribution in [0.5, 0.6) is 0 Å². The molecule has 2 rings (SSSR count). The van der Waals surface area contributed by atoms with E-state index in [1.807, 2.05) is 58.0 Å². The van der Waals surface area contributed by atoms with Crippen LogP contribution in [-0.2, 0) is 19.0 Å². The number of hydrogen-bond acceptors (Lipinski definition) is 5. The number of carbonyl (C=O) groups excluding carboxylic acids is 1. The summed E-state index contributed by atoms with van der Waals surface area (Å²) in [6.07, 6.45) is 0.331. The van der Waals surface area contributed by atoms with Crippen LogP contribution < -0.4 is 0 Å². The summed E-state index contributed by atoms with van der Waals surface area (Å²) in [5.74, 6) is -0.532. The highest BCUT2D eigenvalue weighted by Gasteiger charge is 2.51. The molecule has 0 radical (unpaired) electrons. The van der Waals surface area contributed by atoms with Gasteiger partial charge in [0.15, 0.2) is 5.12 Å². The van der Waals surface area contributed by atoms with Gasteiger partial charge in [-0.05, 0) is 31.6 Å². The SMILES string of the molecule is CCOC1(OCC)O[C@H](c2ccccc2)[C@@H](C(=O)SCC)C[C@H]1C. The molecule has 4 nitrogen and oxygen atoms in total. The fourth-order valence-electron chi connectivity index (χ4n) is 3.23. The van der Waals surface area contributed by atoms with Crippen LogP contribution in [0.2, 0.25) is 0 Å². The Balaban J connectivity index is 2.36. The molecule has 1 aromatic rings. The molecule has 1 aromatic carbocycles. The Morgan fingerprint density at radius 2 is 1.83 bits per heavy atom. The van der Waals surface area contributed by atoms with E-state index >= 15 is 0 Å². The first kappa shape index (κ1) is 19.4. The molecule has 0 spiro atoms.